The summed E-state index contributed by atoms with van der Waals surface area (Å²) in [5, 5.41) is 13.1. The molecule has 6 nitrogen and oxygen atoms in total. The summed E-state index contributed by atoms with van der Waals surface area (Å²) in [7, 11) is 0. The minimum atomic E-state index is -1.07. The van der Waals surface area contributed by atoms with Gasteiger partial charge in [0, 0.05) is 23.2 Å². The largest absolute Gasteiger partial charge is 0.389 e. The van der Waals surface area contributed by atoms with Crippen molar-refractivity contribution in [2.24, 2.45) is 0 Å². The van der Waals surface area contributed by atoms with Gasteiger partial charge in [0.1, 0.15) is 5.69 Å². The molecule has 1 aromatic carbocycles. The van der Waals surface area contributed by atoms with Crippen LogP contribution in [-0.2, 0) is 0 Å². The molecule has 2 aliphatic rings. The monoisotopic (exact) mass is 469 g/mol. The van der Waals surface area contributed by atoms with Crippen molar-refractivity contribution >= 4 is 59.0 Å². The lowest BCUT2D eigenvalue weighted by atomic mass is 10.1. The number of nitrogens with zero attached hydrogens (tertiary/aromatic N) is 2. The Morgan fingerprint density at radius 3 is 2.69 bits per heavy atom. The van der Waals surface area contributed by atoms with Gasteiger partial charge < -0.3 is 15.3 Å². The van der Waals surface area contributed by atoms with Gasteiger partial charge in [-0.1, -0.05) is 29.3 Å². The topological polar surface area (TPSA) is 82.5 Å². The van der Waals surface area contributed by atoms with Crippen LogP contribution >= 0.6 is 47.2 Å². The average molecular weight is 470 g/mol. The Morgan fingerprint density at radius 2 is 2.10 bits per heavy atom. The first-order chi connectivity index (χ1) is 13.6. The third-order valence-electron chi connectivity index (χ3n) is 4.58. The van der Waals surface area contributed by atoms with Crippen LogP contribution in [0.15, 0.2) is 28.8 Å². The van der Waals surface area contributed by atoms with Gasteiger partial charge >= 0.3 is 0 Å². The Bertz CT molecular complexity index is 1080. The predicted octanol–water partition coefficient (Wildman–Crippen LogP) is 4.02. The van der Waals surface area contributed by atoms with E-state index in [9.17, 15) is 14.7 Å². The van der Waals surface area contributed by atoms with Crippen LogP contribution in [-0.4, -0.2) is 45.0 Å². The number of hydrogen-bond acceptors (Lipinski definition) is 6. The van der Waals surface area contributed by atoms with Crippen molar-refractivity contribution in [3.05, 3.63) is 44.7 Å². The molecule has 2 N–H and O–H groups in total. The summed E-state index contributed by atoms with van der Waals surface area (Å²) >= 11 is 18.0. The molecule has 29 heavy (non-hydrogen) atoms. The molecule has 10 heteroatoms. The van der Waals surface area contributed by atoms with Gasteiger partial charge in [-0.2, -0.15) is 0 Å². The number of carbonyl (C=O) groups excluding carboxylic acids is 2. The van der Waals surface area contributed by atoms with Crippen LogP contribution in [0.4, 0.5) is 0 Å². The quantitative estimate of drug-likeness (QED) is 0.577. The summed E-state index contributed by atoms with van der Waals surface area (Å²) in [6.07, 6.45) is 2.68. The van der Waals surface area contributed by atoms with E-state index < -0.39 is 11.5 Å². The Morgan fingerprint density at radius 1 is 1.38 bits per heavy atom. The van der Waals surface area contributed by atoms with Gasteiger partial charge in [0.25, 0.3) is 11.8 Å². The highest BCUT2D eigenvalue weighted by Crippen LogP contribution is 2.46. The third kappa shape index (κ3) is 3.92. The molecule has 0 bridgehead atoms. The van der Waals surface area contributed by atoms with Gasteiger partial charge in [-0.15, -0.1) is 24.0 Å². The van der Waals surface area contributed by atoms with E-state index >= 15 is 0 Å². The molecule has 152 valence electrons. The molecule has 1 aliphatic carbocycles. The van der Waals surface area contributed by atoms with Crippen LogP contribution in [0.2, 0.25) is 10.0 Å². The fourth-order valence-corrected chi connectivity index (χ4v) is 4.66. The number of halogens is 2. The Balaban J connectivity index is 1.73. The second-order valence-electron chi connectivity index (χ2n) is 7.59. The summed E-state index contributed by atoms with van der Waals surface area (Å²) in [6.45, 7) is 3.21. The van der Waals surface area contributed by atoms with Crippen molar-refractivity contribution in [2.45, 2.75) is 36.8 Å². The molecular weight excluding hydrogens is 453 g/mol. The van der Waals surface area contributed by atoms with Crippen molar-refractivity contribution in [2.75, 3.05) is 6.54 Å². The van der Waals surface area contributed by atoms with E-state index in [1.807, 2.05) is 0 Å². The Kier molecular flexibility index (Phi) is 5.19. The van der Waals surface area contributed by atoms with Crippen LogP contribution < -0.4 is 5.32 Å². The van der Waals surface area contributed by atoms with E-state index in [4.69, 9.17) is 23.2 Å². The normalized spacial score (nSPS) is 17.4. The highest BCUT2D eigenvalue weighted by Gasteiger charge is 2.47. The molecule has 1 aromatic heterocycles. The van der Waals surface area contributed by atoms with Crippen molar-refractivity contribution in [3.8, 4) is 10.4 Å². The van der Waals surface area contributed by atoms with Crippen molar-refractivity contribution in [1.29, 1.82) is 0 Å². The van der Waals surface area contributed by atoms with E-state index in [1.54, 1.807) is 37.1 Å². The molecule has 2 aromatic rings. The SMILES string of the molecule is CC(C)(O)CNC(=O)c1nc(C(=O)N2C=C3CC32)c(-c2ccc(S)c(Cl)c2Cl)s1. The van der Waals surface area contributed by atoms with Crippen molar-refractivity contribution < 1.29 is 14.7 Å². The highest BCUT2D eigenvalue weighted by molar-refractivity contribution is 7.80. The zero-order valence-corrected chi connectivity index (χ0v) is 18.7. The maximum absolute atomic E-state index is 13.0. The lowest BCUT2D eigenvalue weighted by molar-refractivity contribution is 0.0693. The molecule has 1 unspecified atom stereocenters. The summed E-state index contributed by atoms with van der Waals surface area (Å²) < 4.78 is 0. The van der Waals surface area contributed by atoms with Gasteiger partial charge in [-0.3, -0.25) is 9.59 Å². The van der Waals surface area contributed by atoms with Crippen LogP contribution in [0.25, 0.3) is 10.4 Å². The fourth-order valence-electron chi connectivity index (χ4n) is 2.92. The molecule has 0 spiro atoms. The van der Waals surface area contributed by atoms with Gasteiger partial charge in [0.05, 0.1) is 26.6 Å². The maximum atomic E-state index is 13.0. The van der Waals surface area contributed by atoms with E-state index in [0.29, 0.717) is 15.3 Å². The van der Waals surface area contributed by atoms with Crippen LogP contribution in [0.5, 0.6) is 0 Å². The zero-order valence-electron chi connectivity index (χ0n) is 15.5. The first-order valence-corrected chi connectivity index (χ1v) is 10.8. The number of hydrogen-bond donors (Lipinski definition) is 3. The zero-order chi connectivity index (χ0) is 21.1. The van der Waals surface area contributed by atoms with Gasteiger partial charge in [0.15, 0.2) is 5.01 Å². The average Bonchev–Trinajstić information content (AvgIpc) is 3.08. The lowest BCUT2D eigenvalue weighted by Crippen LogP contribution is -2.38. The van der Waals surface area contributed by atoms with Gasteiger partial charge in [-0.25, -0.2) is 4.98 Å². The Labute approximate surface area is 186 Å². The molecule has 2 heterocycles. The second-order valence-corrected chi connectivity index (χ2v) is 9.83. The Hall–Kier alpha value is -1.58. The van der Waals surface area contributed by atoms with E-state index in [2.05, 4.69) is 22.9 Å². The number of aliphatic hydroxyl groups is 1. The molecule has 1 atom stereocenters. The molecular formula is C19H17Cl2N3O3S2. The number of benzene rings is 1. The number of rotatable bonds is 5. The molecule has 4 rings (SSSR count). The van der Waals surface area contributed by atoms with Crippen molar-refractivity contribution in [3.63, 3.8) is 0 Å². The fraction of sp³-hybridized carbons (Fsp3) is 0.316. The van der Waals surface area contributed by atoms with E-state index in [1.165, 1.54) is 5.57 Å². The summed E-state index contributed by atoms with van der Waals surface area (Å²) in [6, 6.07) is 3.52. The summed E-state index contributed by atoms with van der Waals surface area (Å²) in [5.74, 6) is -0.761. The first-order valence-electron chi connectivity index (χ1n) is 8.79. The predicted molar refractivity (Wildman–Crippen MR) is 116 cm³/mol. The van der Waals surface area contributed by atoms with Gasteiger partial charge in [0.2, 0.25) is 0 Å². The maximum Gasteiger partial charge on any atom is 0.280 e. The second kappa shape index (κ2) is 7.28. The number of fused-ring (bicyclic) bond motifs is 1. The van der Waals surface area contributed by atoms with E-state index in [-0.39, 0.29) is 39.2 Å². The molecule has 1 aliphatic heterocycles. The number of aromatic nitrogens is 1. The lowest BCUT2D eigenvalue weighted by Gasteiger charge is -2.22. The van der Waals surface area contributed by atoms with Crippen LogP contribution in [0.1, 0.15) is 40.6 Å². The number of thiol groups is 1. The number of amides is 2. The minimum Gasteiger partial charge on any atom is -0.389 e. The third-order valence-corrected chi connectivity index (χ3v) is 7.06. The summed E-state index contributed by atoms with van der Waals surface area (Å²) in [4.78, 5) is 32.5. The number of thiazole rings is 1. The van der Waals surface area contributed by atoms with Gasteiger partial charge in [-0.05, 0) is 31.9 Å². The first kappa shape index (κ1) is 20.7. The molecule has 1 saturated carbocycles. The molecule has 1 fully saturated rings. The molecule has 2 amide bonds. The van der Waals surface area contributed by atoms with Crippen LogP contribution in [0.3, 0.4) is 0 Å². The van der Waals surface area contributed by atoms with Crippen molar-refractivity contribution in [1.82, 2.24) is 15.2 Å². The van der Waals surface area contributed by atoms with E-state index in [0.717, 1.165) is 17.8 Å². The highest BCUT2D eigenvalue weighted by atomic mass is 35.5. The summed E-state index contributed by atoms with van der Waals surface area (Å²) in [5.41, 5.74) is 0.824. The number of nitrogens with one attached hydrogen (secondary N) is 1. The molecule has 0 radical (unpaired) electrons. The molecule has 0 saturated heterocycles. The van der Waals surface area contributed by atoms with Crippen LogP contribution in [0, 0.1) is 0 Å². The smallest absolute Gasteiger partial charge is 0.280 e. The number of carbonyl (C=O) groups is 2. The standard InChI is InChI=1S/C19H17Cl2N3O3S2/c1-19(2,27)7-22-16(25)17-23-14(18(26)24-6-8-5-10(8)24)15(29-17)9-3-4-11(28)13(21)12(9)20/h3-4,6,10,27-28H,5,7H2,1-2H3,(H,22,25). The minimum absolute atomic E-state index is 0.0469.